The third kappa shape index (κ3) is 3.74. The Bertz CT molecular complexity index is 1210. The summed E-state index contributed by atoms with van der Waals surface area (Å²) in [6, 6.07) is 22.2. The fourth-order valence-electron chi connectivity index (χ4n) is 3.27. The molecule has 4 rings (SSSR count). The molecule has 0 unspecified atom stereocenters. The van der Waals surface area contributed by atoms with Crippen molar-refractivity contribution in [3.05, 3.63) is 88.8 Å². The van der Waals surface area contributed by atoms with Gasteiger partial charge in [0.1, 0.15) is 11.3 Å². The second-order valence-electron chi connectivity index (χ2n) is 6.60. The van der Waals surface area contributed by atoms with Gasteiger partial charge in [-0.25, -0.2) is 4.79 Å². The van der Waals surface area contributed by atoms with Gasteiger partial charge < -0.3 is 14.5 Å². The smallest absolute Gasteiger partial charge is 0.336 e. The first-order valence-corrected chi connectivity index (χ1v) is 9.04. The summed E-state index contributed by atoms with van der Waals surface area (Å²) in [6.45, 7) is 1.82. The number of fused-ring (bicyclic) bond motifs is 2. The number of carbonyl (C=O) groups is 1. The van der Waals surface area contributed by atoms with Crippen LogP contribution < -0.4 is 15.7 Å². The largest absolute Gasteiger partial charge is 0.484 e. The number of nitrogens with one attached hydrogen (secondary N) is 1. The molecule has 5 heteroatoms. The second-order valence-corrected chi connectivity index (χ2v) is 6.60. The van der Waals surface area contributed by atoms with Crippen molar-refractivity contribution < 1.29 is 13.9 Å². The second kappa shape index (κ2) is 7.56. The molecule has 3 aromatic carbocycles. The van der Waals surface area contributed by atoms with Gasteiger partial charge in [0, 0.05) is 17.5 Å². The van der Waals surface area contributed by atoms with Crippen LogP contribution >= 0.6 is 0 Å². The highest BCUT2D eigenvalue weighted by Gasteiger charge is 2.13. The van der Waals surface area contributed by atoms with Crippen LogP contribution in [-0.2, 0) is 4.79 Å². The fourth-order valence-corrected chi connectivity index (χ4v) is 3.27. The van der Waals surface area contributed by atoms with Crippen LogP contribution in [0.1, 0.15) is 18.5 Å². The number of benzene rings is 3. The van der Waals surface area contributed by atoms with Crippen LogP contribution in [0.4, 0.5) is 0 Å². The number of rotatable bonds is 5. The minimum absolute atomic E-state index is 0.127. The predicted octanol–water partition coefficient (Wildman–Crippen LogP) is 4.20. The van der Waals surface area contributed by atoms with E-state index in [2.05, 4.69) is 17.4 Å². The van der Waals surface area contributed by atoms with Crippen LogP contribution in [0.25, 0.3) is 21.7 Å². The molecule has 1 aromatic heterocycles. The van der Waals surface area contributed by atoms with Crippen LogP contribution in [-0.4, -0.2) is 12.5 Å². The molecule has 1 N–H and O–H groups in total. The topological polar surface area (TPSA) is 68.5 Å². The summed E-state index contributed by atoms with van der Waals surface area (Å²) in [7, 11) is 0. The molecule has 0 radical (unpaired) electrons. The van der Waals surface area contributed by atoms with Crippen LogP contribution in [0, 0.1) is 0 Å². The fraction of sp³-hybridized carbons (Fsp3) is 0.130. The highest BCUT2D eigenvalue weighted by molar-refractivity contribution is 5.87. The normalized spacial score (nSPS) is 12.0. The minimum atomic E-state index is -0.425. The lowest BCUT2D eigenvalue weighted by atomic mass is 10.00. The zero-order chi connectivity index (χ0) is 19.5. The van der Waals surface area contributed by atoms with E-state index in [1.165, 1.54) is 6.07 Å². The first-order chi connectivity index (χ1) is 13.6. The third-order valence-electron chi connectivity index (χ3n) is 4.63. The molecule has 0 aliphatic heterocycles. The lowest BCUT2D eigenvalue weighted by Crippen LogP contribution is -2.31. The summed E-state index contributed by atoms with van der Waals surface area (Å²) in [5.74, 6) is 0.241. The van der Waals surface area contributed by atoms with Crippen molar-refractivity contribution in [2.45, 2.75) is 13.0 Å². The number of ether oxygens (including phenoxy) is 1. The highest BCUT2D eigenvalue weighted by Crippen LogP contribution is 2.24. The molecule has 4 aromatic rings. The predicted molar refractivity (Wildman–Crippen MR) is 108 cm³/mol. The van der Waals surface area contributed by atoms with Gasteiger partial charge in [-0.1, -0.05) is 42.5 Å². The van der Waals surface area contributed by atoms with E-state index in [0.717, 1.165) is 21.7 Å². The molecule has 0 saturated heterocycles. The van der Waals surface area contributed by atoms with Crippen LogP contribution in [0.3, 0.4) is 0 Å². The minimum Gasteiger partial charge on any atom is -0.484 e. The maximum absolute atomic E-state index is 12.3. The first kappa shape index (κ1) is 17.8. The zero-order valence-electron chi connectivity index (χ0n) is 15.3. The quantitative estimate of drug-likeness (QED) is 0.532. The Labute approximate surface area is 161 Å². The van der Waals surface area contributed by atoms with Gasteiger partial charge in [0.05, 0.1) is 6.04 Å². The molecule has 28 heavy (non-hydrogen) atoms. The summed E-state index contributed by atoms with van der Waals surface area (Å²) in [5, 5.41) is 6.01. The lowest BCUT2D eigenvalue weighted by molar-refractivity contribution is -0.123. The summed E-state index contributed by atoms with van der Waals surface area (Å²) >= 11 is 0. The Morgan fingerprint density at radius 1 is 1.00 bits per heavy atom. The highest BCUT2D eigenvalue weighted by atomic mass is 16.5. The zero-order valence-corrected chi connectivity index (χ0v) is 15.3. The van der Waals surface area contributed by atoms with Gasteiger partial charge in [-0.05, 0) is 41.5 Å². The van der Waals surface area contributed by atoms with E-state index >= 15 is 0 Å². The molecular formula is C23H19NO4. The molecule has 0 fully saturated rings. The summed E-state index contributed by atoms with van der Waals surface area (Å²) < 4.78 is 10.7. The van der Waals surface area contributed by atoms with Crippen molar-refractivity contribution in [3.8, 4) is 5.75 Å². The molecular weight excluding hydrogens is 354 g/mol. The molecule has 0 bridgehead atoms. The van der Waals surface area contributed by atoms with Gasteiger partial charge in [0.2, 0.25) is 0 Å². The molecule has 1 heterocycles. The van der Waals surface area contributed by atoms with E-state index < -0.39 is 5.63 Å². The Morgan fingerprint density at radius 2 is 1.79 bits per heavy atom. The average molecular weight is 373 g/mol. The van der Waals surface area contributed by atoms with Gasteiger partial charge in [-0.2, -0.15) is 0 Å². The van der Waals surface area contributed by atoms with E-state index in [1.54, 1.807) is 24.3 Å². The van der Waals surface area contributed by atoms with Crippen molar-refractivity contribution in [2.24, 2.45) is 0 Å². The van der Waals surface area contributed by atoms with E-state index in [-0.39, 0.29) is 18.6 Å². The van der Waals surface area contributed by atoms with E-state index in [1.807, 2.05) is 37.3 Å². The maximum atomic E-state index is 12.3. The Balaban J connectivity index is 1.43. The van der Waals surface area contributed by atoms with E-state index in [4.69, 9.17) is 9.15 Å². The van der Waals surface area contributed by atoms with E-state index in [9.17, 15) is 9.59 Å². The van der Waals surface area contributed by atoms with Gasteiger partial charge in [-0.3, -0.25) is 4.79 Å². The molecule has 0 aliphatic carbocycles. The Morgan fingerprint density at radius 3 is 2.68 bits per heavy atom. The van der Waals surface area contributed by atoms with Gasteiger partial charge in [-0.15, -0.1) is 0 Å². The summed E-state index contributed by atoms with van der Waals surface area (Å²) in [5.41, 5.74) is 1.06. The Hall–Kier alpha value is -3.60. The number of hydrogen-bond acceptors (Lipinski definition) is 4. The van der Waals surface area contributed by atoms with Crippen LogP contribution in [0.5, 0.6) is 5.75 Å². The Kier molecular flexibility index (Phi) is 4.81. The standard InChI is InChI=1S/C23H19NO4/c1-15(19-8-4-6-16-5-2-3-7-20(16)19)24-22(25)14-27-18-11-9-17-10-12-23(26)28-21(17)13-18/h2-13,15H,14H2,1H3,(H,24,25)/t15-/m0/s1. The van der Waals surface area contributed by atoms with Gasteiger partial charge in [0.25, 0.3) is 5.91 Å². The number of hydrogen-bond donors (Lipinski definition) is 1. The summed E-state index contributed by atoms with van der Waals surface area (Å²) in [6.07, 6.45) is 0. The maximum Gasteiger partial charge on any atom is 0.336 e. The number of amides is 1. The molecule has 1 atom stereocenters. The van der Waals surface area contributed by atoms with Gasteiger partial charge >= 0.3 is 5.63 Å². The molecule has 1 amide bonds. The van der Waals surface area contributed by atoms with Crippen LogP contribution in [0.15, 0.2) is 82.0 Å². The SMILES string of the molecule is C[C@H](NC(=O)COc1ccc2ccc(=O)oc2c1)c1cccc2ccccc12. The monoisotopic (exact) mass is 373 g/mol. The first-order valence-electron chi connectivity index (χ1n) is 9.04. The molecule has 0 saturated carbocycles. The lowest BCUT2D eigenvalue weighted by Gasteiger charge is -2.17. The van der Waals surface area contributed by atoms with E-state index in [0.29, 0.717) is 11.3 Å². The van der Waals surface area contributed by atoms with Crippen molar-refractivity contribution in [3.63, 3.8) is 0 Å². The molecule has 140 valence electrons. The molecule has 0 aliphatic rings. The third-order valence-corrected chi connectivity index (χ3v) is 4.63. The molecule has 0 spiro atoms. The average Bonchev–Trinajstić information content (AvgIpc) is 2.71. The van der Waals surface area contributed by atoms with Crippen molar-refractivity contribution in [1.29, 1.82) is 0 Å². The van der Waals surface area contributed by atoms with Crippen molar-refractivity contribution in [2.75, 3.05) is 6.61 Å². The molecule has 5 nitrogen and oxygen atoms in total. The van der Waals surface area contributed by atoms with Crippen molar-refractivity contribution >= 4 is 27.6 Å². The van der Waals surface area contributed by atoms with Crippen LogP contribution in [0.2, 0.25) is 0 Å². The number of carbonyl (C=O) groups excluding carboxylic acids is 1. The van der Waals surface area contributed by atoms with Crippen molar-refractivity contribution in [1.82, 2.24) is 5.32 Å². The summed E-state index contributed by atoms with van der Waals surface area (Å²) in [4.78, 5) is 23.7. The van der Waals surface area contributed by atoms with Gasteiger partial charge in [0.15, 0.2) is 6.61 Å².